The zero-order chi connectivity index (χ0) is 20.4. The van der Waals surface area contributed by atoms with E-state index in [1.54, 1.807) is 20.8 Å². The number of rotatable bonds is 3. The van der Waals surface area contributed by atoms with E-state index in [-0.39, 0.29) is 12.5 Å². The molecule has 0 unspecified atom stereocenters. The van der Waals surface area contributed by atoms with Gasteiger partial charge in [0.2, 0.25) is 0 Å². The second kappa shape index (κ2) is 8.09. The van der Waals surface area contributed by atoms with Gasteiger partial charge in [0.1, 0.15) is 11.1 Å². The summed E-state index contributed by atoms with van der Waals surface area (Å²) in [6, 6.07) is 6.06. The normalized spacial score (nSPS) is 22.9. The van der Waals surface area contributed by atoms with Gasteiger partial charge < -0.3 is 25.0 Å². The minimum atomic E-state index is -1.12. The van der Waals surface area contributed by atoms with E-state index in [1.165, 1.54) is 11.1 Å². The Morgan fingerprint density at radius 3 is 2.54 bits per heavy atom. The van der Waals surface area contributed by atoms with E-state index in [1.807, 2.05) is 12.1 Å². The van der Waals surface area contributed by atoms with Gasteiger partial charge in [0.05, 0.1) is 6.61 Å². The molecule has 0 spiro atoms. The first-order chi connectivity index (χ1) is 13.2. The van der Waals surface area contributed by atoms with E-state index in [2.05, 4.69) is 28.6 Å². The van der Waals surface area contributed by atoms with Gasteiger partial charge in [-0.25, -0.2) is 4.79 Å². The predicted molar refractivity (Wildman–Crippen MR) is 108 cm³/mol. The van der Waals surface area contributed by atoms with Crippen LogP contribution in [0, 0.1) is 0 Å². The number of benzene rings is 1. The summed E-state index contributed by atoms with van der Waals surface area (Å²) in [6.07, 6.45) is 1.77. The number of amides is 2. The molecule has 0 aromatic heterocycles. The van der Waals surface area contributed by atoms with E-state index in [4.69, 9.17) is 9.47 Å². The van der Waals surface area contributed by atoms with Crippen molar-refractivity contribution < 1.29 is 19.1 Å². The van der Waals surface area contributed by atoms with Gasteiger partial charge in [0.25, 0.3) is 5.91 Å². The monoisotopic (exact) mass is 389 g/mol. The molecule has 2 N–H and O–H groups in total. The van der Waals surface area contributed by atoms with Crippen molar-refractivity contribution in [2.45, 2.75) is 51.2 Å². The van der Waals surface area contributed by atoms with Crippen molar-refractivity contribution in [3.8, 4) is 0 Å². The molecule has 1 fully saturated rings. The average molecular weight is 389 g/mol. The number of likely N-dealkylation sites (N-methyl/N-ethyl adjacent to an activating group) is 1. The second-order valence-electron chi connectivity index (χ2n) is 8.75. The Bertz CT molecular complexity index is 736. The van der Waals surface area contributed by atoms with E-state index in [0.29, 0.717) is 13.0 Å². The summed E-state index contributed by atoms with van der Waals surface area (Å²) >= 11 is 0. The van der Waals surface area contributed by atoms with Crippen LogP contribution in [0.25, 0.3) is 0 Å². The van der Waals surface area contributed by atoms with Crippen LogP contribution in [0.4, 0.5) is 10.5 Å². The van der Waals surface area contributed by atoms with Gasteiger partial charge in [0.15, 0.2) is 0 Å². The maximum absolute atomic E-state index is 13.1. The summed E-state index contributed by atoms with van der Waals surface area (Å²) in [7, 11) is 2.13. The Balaban J connectivity index is 1.72. The Morgan fingerprint density at radius 2 is 1.89 bits per heavy atom. The molecule has 7 nitrogen and oxygen atoms in total. The van der Waals surface area contributed by atoms with Gasteiger partial charge in [-0.15, -0.1) is 0 Å². The largest absolute Gasteiger partial charge is 0.444 e. The van der Waals surface area contributed by atoms with E-state index in [9.17, 15) is 9.59 Å². The molecule has 0 aliphatic carbocycles. The minimum Gasteiger partial charge on any atom is -0.444 e. The number of anilines is 1. The van der Waals surface area contributed by atoms with Crippen LogP contribution in [0.1, 0.15) is 38.3 Å². The lowest BCUT2D eigenvalue weighted by Crippen LogP contribution is -2.58. The van der Waals surface area contributed by atoms with Crippen molar-refractivity contribution >= 4 is 17.7 Å². The lowest BCUT2D eigenvalue weighted by Gasteiger charge is -2.29. The highest BCUT2D eigenvalue weighted by molar-refractivity contribution is 6.00. The van der Waals surface area contributed by atoms with Crippen LogP contribution in [-0.4, -0.2) is 61.4 Å². The molecule has 3 rings (SSSR count). The van der Waals surface area contributed by atoms with Gasteiger partial charge in [0, 0.05) is 31.8 Å². The Labute approximate surface area is 166 Å². The van der Waals surface area contributed by atoms with Crippen molar-refractivity contribution in [1.29, 1.82) is 0 Å². The number of nitrogens with zero attached hydrogens (tertiary/aromatic N) is 1. The maximum atomic E-state index is 13.1. The van der Waals surface area contributed by atoms with Gasteiger partial charge in [-0.2, -0.15) is 0 Å². The zero-order valence-electron chi connectivity index (χ0n) is 17.3. The summed E-state index contributed by atoms with van der Waals surface area (Å²) in [5, 5.41) is 5.71. The molecule has 0 bridgehead atoms. The van der Waals surface area contributed by atoms with Crippen LogP contribution >= 0.6 is 0 Å². The molecule has 154 valence electrons. The fourth-order valence-corrected chi connectivity index (χ4v) is 3.56. The van der Waals surface area contributed by atoms with Crippen molar-refractivity contribution in [3.63, 3.8) is 0 Å². The van der Waals surface area contributed by atoms with E-state index >= 15 is 0 Å². The van der Waals surface area contributed by atoms with Crippen molar-refractivity contribution in [1.82, 2.24) is 10.2 Å². The van der Waals surface area contributed by atoms with Crippen LogP contribution in [0.15, 0.2) is 18.2 Å². The first-order valence-electron chi connectivity index (χ1n) is 9.88. The van der Waals surface area contributed by atoms with Gasteiger partial charge >= 0.3 is 6.09 Å². The molecule has 0 radical (unpaired) electrons. The number of fused-ring (bicyclic) bond motifs is 1. The number of carbonyl (C=O) groups excluding carboxylic acids is 2. The van der Waals surface area contributed by atoms with Crippen molar-refractivity contribution in [2.24, 2.45) is 0 Å². The lowest BCUT2D eigenvalue weighted by molar-refractivity contribution is -0.122. The topological polar surface area (TPSA) is 79.9 Å². The van der Waals surface area contributed by atoms with Crippen molar-refractivity contribution in [3.05, 3.63) is 29.3 Å². The molecular formula is C21H31N3O4. The quantitative estimate of drug-likeness (QED) is 0.830. The third kappa shape index (κ3) is 5.02. The SMILES string of the molecule is CN1CCc2ccc(NC(=O)[C@]3(NC(=O)OC(C)(C)C)CCOC3)cc2CC1. The molecule has 1 atom stereocenters. The smallest absolute Gasteiger partial charge is 0.408 e. The van der Waals surface area contributed by atoms with Gasteiger partial charge in [-0.3, -0.25) is 4.79 Å². The highest BCUT2D eigenvalue weighted by atomic mass is 16.6. The van der Waals surface area contributed by atoms with Crippen LogP contribution < -0.4 is 10.6 Å². The van der Waals surface area contributed by atoms with Crippen molar-refractivity contribution in [2.75, 3.05) is 38.7 Å². The number of hydrogen-bond donors (Lipinski definition) is 2. The molecule has 1 saturated heterocycles. The molecule has 1 aromatic rings. The van der Waals surface area contributed by atoms with Crippen LogP contribution in [0.2, 0.25) is 0 Å². The molecule has 2 heterocycles. The van der Waals surface area contributed by atoms with Crippen LogP contribution in [-0.2, 0) is 27.1 Å². The number of hydrogen-bond acceptors (Lipinski definition) is 5. The van der Waals surface area contributed by atoms with Gasteiger partial charge in [-0.1, -0.05) is 6.07 Å². The summed E-state index contributed by atoms with van der Waals surface area (Å²) in [5.41, 5.74) is 1.58. The Kier molecular flexibility index (Phi) is 5.95. The highest BCUT2D eigenvalue weighted by Gasteiger charge is 2.44. The predicted octanol–water partition coefficient (Wildman–Crippen LogP) is 2.34. The number of nitrogens with one attached hydrogen (secondary N) is 2. The number of ether oxygens (including phenoxy) is 2. The number of alkyl carbamates (subject to hydrolysis) is 1. The standard InChI is InChI=1S/C21H31N3O4/c1-20(2,3)28-19(26)23-21(9-12-27-14-21)18(25)22-17-6-5-15-7-10-24(4)11-8-16(15)13-17/h5-6,13H,7-12,14H2,1-4H3,(H,22,25)(H,23,26)/t21-/m0/s1. The lowest BCUT2D eigenvalue weighted by atomic mass is 9.97. The fraction of sp³-hybridized carbons (Fsp3) is 0.619. The molecule has 2 amide bonds. The first-order valence-corrected chi connectivity index (χ1v) is 9.88. The molecule has 7 heteroatoms. The average Bonchev–Trinajstić information content (AvgIpc) is 2.99. The summed E-state index contributed by atoms with van der Waals surface area (Å²) in [4.78, 5) is 27.6. The van der Waals surface area contributed by atoms with Crippen LogP contribution in [0.5, 0.6) is 0 Å². The Morgan fingerprint density at radius 1 is 1.18 bits per heavy atom. The third-order valence-electron chi connectivity index (χ3n) is 5.19. The fourth-order valence-electron chi connectivity index (χ4n) is 3.56. The van der Waals surface area contributed by atoms with E-state index < -0.39 is 17.2 Å². The zero-order valence-corrected chi connectivity index (χ0v) is 17.3. The molecule has 1 aromatic carbocycles. The minimum absolute atomic E-state index is 0.133. The Hall–Kier alpha value is -2.12. The first kappa shape index (κ1) is 20.6. The summed E-state index contributed by atoms with van der Waals surface area (Å²) in [6.45, 7) is 7.96. The number of carbonyl (C=O) groups is 2. The summed E-state index contributed by atoms with van der Waals surface area (Å²) in [5.74, 6) is -0.276. The molecule has 28 heavy (non-hydrogen) atoms. The third-order valence-corrected chi connectivity index (χ3v) is 5.19. The van der Waals surface area contributed by atoms with Gasteiger partial charge in [-0.05, 0) is 63.9 Å². The molecule has 2 aliphatic rings. The molecular weight excluding hydrogens is 358 g/mol. The maximum Gasteiger partial charge on any atom is 0.408 e. The van der Waals surface area contributed by atoms with Crippen LogP contribution in [0.3, 0.4) is 0 Å². The summed E-state index contributed by atoms with van der Waals surface area (Å²) < 4.78 is 10.8. The highest BCUT2D eigenvalue weighted by Crippen LogP contribution is 2.24. The van der Waals surface area contributed by atoms with E-state index in [0.717, 1.165) is 31.6 Å². The second-order valence-corrected chi connectivity index (χ2v) is 8.75. The molecule has 0 saturated carbocycles. The molecule has 2 aliphatic heterocycles.